The number of carboxylic acids is 1. The van der Waals surface area contributed by atoms with Gasteiger partial charge in [0.25, 0.3) is 5.97 Å². The van der Waals surface area contributed by atoms with Crippen LogP contribution in [0.4, 0.5) is 11.8 Å². The summed E-state index contributed by atoms with van der Waals surface area (Å²) in [5.74, 6) is 2.22. The Morgan fingerprint density at radius 3 is 2.46 bits per heavy atom. The second-order valence-electron chi connectivity index (χ2n) is 7.88. The molecule has 7 nitrogen and oxygen atoms in total. The number of aliphatic carboxylic acids is 1. The molecule has 7 heteroatoms. The van der Waals surface area contributed by atoms with E-state index in [1.54, 1.807) is 0 Å². The summed E-state index contributed by atoms with van der Waals surface area (Å²) in [6.45, 7) is 9.95. The smallest absolute Gasteiger partial charge is 0.300 e. The number of rotatable bonds is 3. The number of carbonyl (C=O) groups is 1. The summed E-state index contributed by atoms with van der Waals surface area (Å²) in [7, 11) is 2.18. The summed E-state index contributed by atoms with van der Waals surface area (Å²) in [5, 5.41) is 7.42. The van der Waals surface area contributed by atoms with Gasteiger partial charge in [-0.15, -0.1) is 0 Å². The van der Waals surface area contributed by atoms with E-state index in [0.717, 1.165) is 63.6 Å². The molecule has 146 valence electrons. The van der Waals surface area contributed by atoms with Gasteiger partial charge in [0, 0.05) is 38.7 Å². The molecule has 0 saturated carbocycles. The van der Waals surface area contributed by atoms with E-state index in [1.807, 2.05) is 0 Å². The highest BCUT2D eigenvalue weighted by molar-refractivity contribution is 5.63. The normalized spacial score (nSPS) is 20.3. The van der Waals surface area contributed by atoms with Crippen LogP contribution in [-0.4, -0.2) is 59.2 Å². The second kappa shape index (κ2) is 9.16. The minimum Gasteiger partial charge on any atom is -0.481 e. The van der Waals surface area contributed by atoms with Gasteiger partial charge in [0.2, 0.25) is 5.95 Å². The molecular weight excluding hydrogens is 330 g/mol. The third-order valence-corrected chi connectivity index (χ3v) is 4.98. The highest BCUT2D eigenvalue weighted by Gasteiger charge is 2.27. The number of fused-ring (bicyclic) bond motifs is 1. The maximum Gasteiger partial charge on any atom is 0.300 e. The fraction of sp³-hybridized carbons (Fsp3) is 0.737. The van der Waals surface area contributed by atoms with Crippen molar-refractivity contribution in [3.05, 3.63) is 11.3 Å². The highest BCUT2D eigenvalue weighted by atomic mass is 16.4. The lowest BCUT2D eigenvalue weighted by Crippen LogP contribution is -2.45. The molecule has 0 radical (unpaired) electrons. The quantitative estimate of drug-likeness (QED) is 0.848. The number of carboxylic acid groups (broad SMARTS) is 1. The van der Waals surface area contributed by atoms with Crippen molar-refractivity contribution in [3.8, 4) is 0 Å². The van der Waals surface area contributed by atoms with Crippen LogP contribution in [0.25, 0.3) is 0 Å². The molecule has 2 aliphatic rings. The van der Waals surface area contributed by atoms with E-state index in [9.17, 15) is 0 Å². The van der Waals surface area contributed by atoms with E-state index in [4.69, 9.17) is 15.6 Å². The van der Waals surface area contributed by atoms with Gasteiger partial charge in [-0.3, -0.25) is 4.79 Å². The molecule has 0 spiro atoms. The van der Waals surface area contributed by atoms with E-state index in [-0.39, 0.29) is 0 Å². The van der Waals surface area contributed by atoms with Gasteiger partial charge >= 0.3 is 0 Å². The van der Waals surface area contributed by atoms with E-state index >= 15 is 0 Å². The molecule has 1 saturated heterocycles. The predicted molar refractivity (Wildman–Crippen MR) is 104 cm³/mol. The Balaban J connectivity index is 0.000000552. The molecule has 1 aliphatic heterocycles. The van der Waals surface area contributed by atoms with E-state index in [0.29, 0.717) is 5.95 Å². The second-order valence-corrected chi connectivity index (χ2v) is 7.88. The van der Waals surface area contributed by atoms with Gasteiger partial charge in [0.05, 0.1) is 5.69 Å². The summed E-state index contributed by atoms with van der Waals surface area (Å²) in [4.78, 5) is 22.9. The van der Waals surface area contributed by atoms with Gasteiger partial charge in [-0.1, -0.05) is 13.8 Å². The van der Waals surface area contributed by atoms with Crippen molar-refractivity contribution < 1.29 is 9.90 Å². The molecule has 1 aliphatic carbocycles. The van der Waals surface area contributed by atoms with E-state index < -0.39 is 5.97 Å². The molecule has 26 heavy (non-hydrogen) atoms. The third kappa shape index (κ3) is 5.83. The van der Waals surface area contributed by atoms with Gasteiger partial charge in [0.15, 0.2) is 0 Å². The van der Waals surface area contributed by atoms with Crippen molar-refractivity contribution in [1.82, 2.24) is 14.9 Å². The van der Waals surface area contributed by atoms with E-state index in [1.165, 1.54) is 24.1 Å². The molecule has 1 fully saturated rings. The molecular formula is C19H33N5O2. The summed E-state index contributed by atoms with van der Waals surface area (Å²) < 4.78 is 0. The van der Waals surface area contributed by atoms with Crippen molar-refractivity contribution in [2.24, 2.45) is 11.8 Å². The lowest BCUT2D eigenvalue weighted by atomic mass is 9.82. The number of anilines is 2. The van der Waals surface area contributed by atoms with Crippen LogP contribution < -0.4 is 10.6 Å². The summed E-state index contributed by atoms with van der Waals surface area (Å²) in [6, 6.07) is 0. The number of hydrogen-bond donors (Lipinski definition) is 2. The summed E-state index contributed by atoms with van der Waals surface area (Å²) in [6.07, 6.45) is 4.72. The van der Waals surface area contributed by atoms with Crippen LogP contribution in [0.15, 0.2) is 0 Å². The lowest BCUT2D eigenvalue weighted by molar-refractivity contribution is -0.134. The van der Waals surface area contributed by atoms with Gasteiger partial charge in [0.1, 0.15) is 5.82 Å². The minimum atomic E-state index is -0.833. The molecule has 2 heterocycles. The fourth-order valence-corrected chi connectivity index (χ4v) is 3.83. The van der Waals surface area contributed by atoms with Gasteiger partial charge in [-0.2, -0.15) is 4.98 Å². The van der Waals surface area contributed by atoms with Crippen molar-refractivity contribution >= 4 is 17.7 Å². The number of nitrogen functional groups attached to an aromatic ring is 1. The SMILES string of the molecule is CC(=O)O.CC(C)CC1CCc2c(nc(N)nc2N2CCN(C)CC2)C1. The Hall–Kier alpha value is -1.89. The number of nitrogens with zero attached hydrogens (tertiary/aromatic N) is 4. The zero-order valence-electron chi connectivity index (χ0n) is 16.5. The highest BCUT2D eigenvalue weighted by Crippen LogP contribution is 2.34. The minimum absolute atomic E-state index is 0.442. The number of hydrogen-bond acceptors (Lipinski definition) is 6. The molecule has 1 aromatic heterocycles. The Labute approximate surface area is 156 Å². The first-order valence-corrected chi connectivity index (χ1v) is 9.54. The monoisotopic (exact) mass is 363 g/mol. The standard InChI is InChI=1S/C17H29N5.C2H4O2/c1-12(2)10-13-4-5-14-15(11-13)19-17(18)20-16(14)22-8-6-21(3)7-9-22;1-2(3)4/h12-13H,4-11H2,1-3H3,(H2,18,19,20);1H3,(H,3,4). The molecule has 3 rings (SSSR count). The largest absolute Gasteiger partial charge is 0.481 e. The average Bonchev–Trinajstić information content (AvgIpc) is 2.53. The van der Waals surface area contributed by atoms with Crippen LogP contribution >= 0.6 is 0 Å². The number of piperazine rings is 1. The zero-order valence-corrected chi connectivity index (χ0v) is 16.5. The van der Waals surface area contributed by atoms with Crippen LogP contribution in [-0.2, 0) is 17.6 Å². The summed E-state index contributed by atoms with van der Waals surface area (Å²) >= 11 is 0. The topological polar surface area (TPSA) is 95.6 Å². The maximum atomic E-state index is 9.00. The Morgan fingerprint density at radius 2 is 1.88 bits per heavy atom. The van der Waals surface area contributed by atoms with Crippen LogP contribution in [0.5, 0.6) is 0 Å². The van der Waals surface area contributed by atoms with Crippen LogP contribution in [0.2, 0.25) is 0 Å². The Kier molecular flexibility index (Phi) is 7.20. The van der Waals surface area contributed by atoms with Crippen molar-refractivity contribution in [2.45, 2.75) is 46.5 Å². The van der Waals surface area contributed by atoms with Crippen LogP contribution in [0.3, 0.4) is 0 Å². The first-order valence-electron chi connectivity index (χ1n) is 9.54. The van der Waals surface area contributed by atoms with Gasteiger partial charge < -0.3 is 20.6 Å². The average molecular weight is 364 g/mol. The van der Waals surface area contributed by atoms with Crippen LogP contribution in [0.1, 0.15) is 44.9 Å². The number of aromatic nitrogens is 2. The Morgan fingerprint density at radius 1 is 1.27 bits per heavy atom. The molecule has 0 aromatic carbocycles. The van der Waals surface area contributed by atoms with Crippen LogP contribution in [0, 0.1) is 11.8 Å². The lowest BCUT2D eigenvalue weighted by Gasteiger charge is -2.36. The zero-order chi connectivity index (χ0) is 19.3. The molecule has 0 amide bonds. The molecule has 1 unspecified atom stereocenters. The molecule has 1 aromatic rings. The third-order valence-electron chi connectivity index (χ3n) is 4.98. The van der Waals surface area contributed by atoms with Crippen molar-refractivity contribution in [2.75, 3.05) is 43.9 Å². The maximum absolute atomic E-state index is 9.00. The first kappa shape index (κ1) is 20.4. The van der Waals surface area contributed by atoms with Gasteiger partial charge in [-0.05, 0) is 44.6 Å². The summed E-state index contributed by atoms with van der Waals surface area (Å²) in [5.41, 5.74) is 8.57. The van der Waals surface area contributed by atoms with E-state index in [2.05, 4.69) is 40.7 Å². The predicted octanol–water partition coefficient (Wildman–Crippen LogP) is 2.05. The molecule has 1 atom stereocenters. The number of likely N-dealkylation sites (N-methyl/N-ethyl adjacent to an activating group) is 1. The molecule has 3 N–H and O–H groups in total. The first-order chi connectivity index (χ1) is 12.3. The van der Waals surface area contributed by atoms with Crippen molar-refractivity contribution in [1.29, 1.82) is 0 Å². The fourth-order valence-electron chi connectivity index (χ4n) is 3.83. The van der Waals surface area contributed by atoms with Gasteiger partial charge in [-0.25, -0.2) is 4.98 Å². The van der Waals surface area contributed by atoms with Crippen molar-refractivity contribution in [3.63, 3.8) is 0 Å². The Bertz CT molecular complexity index is 608. The molecule has 0 bridgehead atoms. The number of nitrogens with two attached hydrogens (primary N) is 1.